The Balaban J connectivity index is 2.27. The summed E-state index contributed by atoms with van der Waals surface area (Å²) in [6, 6.07) is 12.7. The number of nitrogens with two attached hydrogens (primary N) is 1. The van der Waals surface area contributed by atoms with Gasteiger partial charge in [0, 0.05) is 17.5 Å². The van der Waals surface area contributed by atoms with Gasteiger partial charge in [-0.15, -0.1) is 11.3 Å². The normalized spacial score (nSPS) is 14.1. The molecule has 2 N–H and O–H groups in total. The SMILES string of the molecule is CCN(Cc1cccs1)C(c1cccc(OC)c1)C(C)N. The van der Waals surface area contributed by atoms with Crippen molar-refractivity contribution < 1.29 is 4.74 Å². The summed E-state index contributed by atoms with van der Waals surface area (Å²) in [5, 5.41) is 2.12. The number of ether oxygens (including phenoxy) is 1. The maximum absolute atomic E-state index is 6.29. The van der Waals surface area contributed by atoms with Gasteiger partial charge >= 0.3 is 0 Å². The molecule has 0 saturated carbocycles. The van der Waals surface area contributed by atoms with Crippen molar-refractivity contribution in [3.8, 4) is 5.75 Å². The highest BCUT2D eigenvalue weighted by molar-refractivity contribution is 7.09. The Bertz CT molecular complexity index is 539. The molecule has 0 aliphatic carbocycles. The molecule has 0 bridgehead atoms. The molecular formula is C17H24N2OS. The largest absolute Gasteiger partial charge is 0.497 e. The minimum atomic E-state index is 0.0528. The summed E-state index contributed by atoms with van der Waals surface area (Å²) in [6.45, 7) is 6.14. The Hall–Kier alpha value is -1.36. The minimum absolute atomic E-state index is 0.0528. The maximum Gasteiger partial charge on any atom is 0.119 e. The molecule has 1 aromatic carbocycles. The molecule has 1 heterocycles. The molecular weight excluding hydrogens is 280 g/mol. The number of methoxy groups -OCH3 is 1. The Morgan fingerprint density at radius 3 is 2.67 bits per heavy atom. The highest BCUT2D eigenvalue weighted by Gasteiger charge is 2.23. The van der Waals surface area contributed by atoms with Crippen LogP contribution >= 0.6 is 11.3 Å². The van der Waals surface area contributed by atoms with E-state index in [0.29, 0.717) is 0 Å². The fraction of sp³-hybridized carbons (Fsp3) is 0.412. The molecule has 0 spiro atoms. The van der Waals surface area contributed by atoms with E-state index in [9.17, 15) is 0 Å². The summed E-state index contributed by atoms with van der Waals surface area (Å²) in [5.41, 5.74) is 7.50. The first kappa shape index (κ1) is 16.0. The van der Waals surface area contributed by atoms with Crippen molar-refractivity contribution >= 4 is 11.3 Å². The number of hydrogen-bond donors (Lipinski definition) is 1. The summed E-state index contributed by atoms with van der Waals surface area (Å²) < 4.78 is 5.35. The van der Waals surface area contributed by atoms with E-state index in [0.717, 1.165) is 18.8 Å². The molecule has 0 fully saturated rings. The number of nitrogens with zero attached hydrogens (tertiary/aromatic N) is 1. The summed E-state index contributed by atoms with van der Waals surface area (Å²) in [6.07, 6.45) is 0. The van der Waals surface area contributed by atoms with E-state index >= 15 is 0 Å². The van der Waals surface area contributed by atoms with Crippen LogP contribution in [0.2, 0.25) is 0 Å². The van der Waals surface area contributed by atoms with Crippen LogP contribution in [0.25, 0.3) is 0 Å². The van der Waals surface area contributed by atoms with Crippen LogP contribution in [0.4, 0.5) is 0 Å². The third kappa shape index (κ3) is 4.06. The zero-order valence-corrected chi connectivity index (χ0v) is 13.8. The van der Waals surface area contributed by atoms with Crippen molar-refractivity contribution in [1.82, 2.24) is 4.90 Å². The molecule has 2 atom stereocenters. The molecule has 1 aromatic heterocycles. The first-order chi connectivity index (χ1) is 10.2. The van der Waals surface area contributed by atoms with Gasteiger partial charge in [0.2, 0.25) is 0 Å². The van der Waals surface area contributed by atoms with Gasteiger partial charge in [-0.25, -0.2) is 0 Å². The molecule has 2 unspecified atom stereocenters. The number of hydrogen-bond acceptors (Lipinski definition) is 4. The van der Waals surface area contributed by atoms with Gasteiger partial charge < -0.3 is 10.5 Å². The van der Waals surface area contributed by atoms with E-state index in [4.69, 9.17) is 10.5 Å². The average Bonchev–Trinajstić information content (AvgIpc) is 2.99. The first-order valence-electron chi connectivity index (χ1n) is 7.31. The molecule has 3 nitrogen and oxygen atoms in total. The van der Waals surface area contributed by atoms with Gasteiger partial charge in [0.1, 0.15) is 5.75 Å². The van der Waals surface area contributed by atoms with Crippen molar-refractivity contribution in [2.24, 2.45) is 5.73 Å². The third-order valence-corrected chi connectivity index (χ3v) is 4.53. The predicted molar refractivity (Wildman–Crippen MR) is 89.8 cm³/mol. The zero-order chi connectivity index (χ0) is 15.2. The lowest BCUT2D eigenvalue weighted by Crippen LogP contribution is -2.39. The highest BCUT2D eigenvalue weighted by atomic mass is 32.1. The molecule has 0 radical (unpaired) electrons. The molecule has 0 aliphatic rings. The number of benzene rings is 1. The summed E-state index contributed by atoms with van der Waals surface area (Å²) >= 11 is 1.79. The lowest BCUT2D eigenvalue weighted by molar-refractivity contribution is 0.178. The van der Waals surface area contributed by atoms with Gasteiger partial charge in [0.15, 0.2) is 0 Å². The number of rotatable bonds is 7. The summed E-state index contributed by atoms with van der Waals surface area (Å²) in [7, 11) is 1.70. The monoisotopic (exact) mass is 304 g/mol. The van der Waals surface area contributed by atoms with E-state index in [1.165, 1.54) is 10.4 Å². The standard InChI is InChI=1S/C17H24N2OS/c1-4-19(12-16-9-6-10-21-16)17(13(2)18)14-7-5-8-15(11-14)20-3/h5-11,13,17H,4,12,18H2,1-3H3. The Morgan fingerprint density at radius 2 is 2.10 bits per heavy atom. The lowest BCUT2D eigenvalue weighted by atomic mass is 9.98. The highest BCUT2D eigenvalue weighted by Crippen LogP contribution is 2.28. The van der Waals surface area contributed by atoms with Crippen LogP contribution in [0.3, 0.4) is 0 Å². The predicted octanol–water partition coefficient (Wildman–Crippen LogP) is 3.67. The van der Waals surface area contributed by atoms with Crippen molar-refractivity contribution in [1.29, 1.82) is 0 Å². The van der Waals surface area contributed by atoms with Crippen LogP contribution in [0.15, 0.2) is 41.8 Å². The molecule has 0 aliphatic heterocycles. The van der Waals surface area contributed by atoms with Crippen LogP contribution in [0.1, 0.15) is 30.3 Å². The lowest BCUT2D eigenvalue weighted by Gasteiger charge is -2.33. The number of likely N-dealkylation sites (N-methyl/N-ethyl adjacent to an activating group) is 1. The Kier molecular flexibility index (Phi) is 5.79. The first-order valence-corrected chi connectivity index (χ1v) is 8.19. The van der Waals surface area contributed by atoms with Gasteiger partial charge in [0.05, 0.1) is 13.2 Å². The quantitative estimate of drug-likeness (QED) is 0.848. The molecule has 114 valence electrons. The summed E-state index contributed by atoms with van der Waals surface area (Å²) in [4.78, 5) is 3.79. The van der Waals surface area contributed by atoms with Crippen molar-refractivity contribution in [3.05, 3.63) is 52.2 Å². The second-order valence-electron chi connectivity index (χ2n) is 5.22. The Labute approximate surface area is 131 Å². The van der Waals surface area contributed by atoms with Crippen molar-refractivity contribution in [2.45, 2.75) is 32.5 Å². The summed E-state index contributed by atoms with van der Waals surface area (Å²) in [5.74, 6) is 0.880. The topological polar surface area (TPSA) is 38.5 Å². The van der Waals surface area contributed by atoms with Gasteiger partial charge in [-0.05, 0) is 42.6 Å². The fourth-order valence-electron chi connectivity index (χ4n) is 2.68. The second-order valence-corrected chi connectivity index (χ2v) is 6.26. The fourth-order valence-corrected chi connectivity index (χ4v) is 3.41. The average molecular weight is 304 g/mol. The van der Waals surface area contributed by atoms with Gasteiger partial charge in [-0.2, -0.15) is 0 Å². The van der Waals surface area contributed by atoms with Crippen molar-refractivity contribution in [3.63, 3.8) is 0 Å². The molecule has 0 amide bonds. The number of thiophene rings is 1. The smallest absolute Gasteiger partial charge is 0.119 e. The van der Waals surface area contributed by atoms with Crippen molar-refractivity contribution in [2.75, 3.05) is 13.7 Å². The molecule has 0 saturated heterocycles. The minimum Gasteiger partial charge on any atom is -0.497 e. The van der Waals surface area contributed by atoms with E-state index < -0.39 is 0 Å². The van der Waals surface area contributed by atoms with Gasteiger partial charge in [0.25, 0.3) is 0 Å². The van der Waals surface area contributed by atoms with Gasteiger partial charge in [-0.3, -0.25) is 4.90 Å². The molecule has 2 rings (SSSR count). The van der Waals surface area contributed by atoms with E-state index in [1.54, 1.807) is 18.4 Å². The van der Waals surface area contributed by atoms with Crippen LogP contribution in [-0.4, -0.2) is 24.6 Å². The molecule has 2 aromatic rings. The molecule has 4 heteroatoms. The molecule has 21 heavy (non-hydrogen) atoms. The van der Waals surface area contributed by atoms with Crippen LogP contribution in [0.5, 0.6) is 5.75 Å². The second kappa shape index (κ2) is 7.59. The van der Waals surface area contributed by atoms with Crippen LogP contribution in [-0.2, 0) is 6.54 Å². The van der Waals surface area contributed by atoms with E-state index in [1.807, 2.05) is 12.1 Å². The van der Waals surface area contributed by atoms with Crippen LogP contribution < -0.4 is 10.5 Å². The van der Waals surface area contributed by atoms with E-state index in [2.05, 4.69) is 48.4 Å². The van der Waals surface area contributed by atoms with E-state index in [-0.39, 0.29) is 12.1 Å². The Morgan fingerprint density at radius 1 is 1.29 bits per heavy atom. The van der Waals surface area contributed by atoms with Gasteiger partial charge in [-0.1, -0.05) is 25.1 Å². The third-order valence-electron chi connectivity index (χ3n) is 3.67. The zero-order valence-electron chi connectivity index (χ0n) is 13.0. The maximum atomic E-state index is 6.29. The van der Waals surface area contributed by atoms with Crippen LogP contribution in [0, 0.1) is 0 Å².